The minimum atomic E-state index is -0.296. The summed E-state index contributed by atoms with van der Waals surface area (Å²) in [7, 11) is 0. The van der Waals surface area contributed by atoms with Crippen LogP contribution in [-0.4, -0.2) is 0 Å². The molecule has 0 bridgehead atoms. The summed E-state index contributed by atoms with van der Waals surface area (Å²) in [6.07, 6.45) is 0. The zero-order valence-electron chi connectivity index (χ0n) is 3.97. The zero-order valence-corrected chi connectivity index (χ0v) is 5.97. The normalized spacial score (nSPS) is 4.29. The van der Waals surface area contributed by atoms with E-state index in [-0.39, 0.29) is 35.1 Å². The van der Waals surface area contributed by atoms with E-state index in [1.54, 1.807) is 0 Å². The topological polar surface area (TPSA) is 47.6 Å². The van der Waals surface area contributed by atoms with Gasteiger partial charge in [-0.2, -0.15) is 6.58 Å². The second-order valence-electron chi connectivity index (χ2n) is 0.637. The summed E-state index contributed by atoms with van der Waals surface area (Å²) in [5.41, 5.74) is -0.296. The van der Waals surface area contributed by atoms with E-state index < -0.39 is 0 Å². The number of allylic oxidation sites excluding steroid dienone is 1. The average molecular weight is 100 g/mol. The van der Waals surface area contributed by atoms with Gasteiger partial charge in [0.1, 0.15) is 0 Å². The van der Waals surface area contributed by atoms with Crippen LogP contribution in [0.3, 0.4) is 0 Å². The van der Waals surface area contributed by atoms with Crippen molar-refractivity contribution in [2.24, 2.45) is 0 Å². The second kappa shape index (κ2) is 5.72. The molecular formula is C4HN2Na. The molecule has 7 heavy (non-hydrogen) atoms. The van der Waals surface area contributed by atoms with Crippen molar-refractivity contribution in [3.8, 4) is 12.1 Å². The van der Waals surface area contributed by atoms with E-state index in [0.717, 1.165) is 0 Å². The molecule has 28 valence electrons. The van der Waals surface area contributed by atoms with Crippen LogP contribution in [0.1, 0.15) is 0 Å². The van der Waals surface area contributed by atoms with Crippen molar-refractivity contribution in [3.63, 3.8) is 0 Å². The summed E-state index contributed by atoms with van der Waals surface area (Å²) < 4.78 is 0. The van der Waals surface area contributed by atoms with Crippen molar-refractivity contribution in [3.05, 3.63) is 12.2 Å². The van der Waals surface area contributed by atoms with Crippen LogP contribution < -0.4 is 29.6 Å². The van der Waals surface area contributed by atoms with Crippen LogP contribution >= 0.6 is 0 Å². The second-order valence-corrected chi connectivity index (χ2v) is 0.637. The Morgan fingerprint density at radius 3 is 1.57 bits per heavy atom. The van der Waals surface area contributed by atoms with Gasteiger partial charge in [-0.25, -0.2) is 0 Å². The van der Waals surface area contributed by atoms with Gasteiger partial charge in [0.25, 0.3) is 0 Å². The van der Waals surface area contributed by atoms with Gasteiger partial charge in [-0.1, -0.05) is 17.7 Å². The van der Waals surface area contributed by atoms with Gasteiger partial charge >= 0.3 is 29.6 Å². The maximum atomic E-state index is 7.70. The molecule has 0 aliphatic rings. The molecule has 0 aromatic carbocycles. The molecule has 0 saturated carbocycles. The van der Waals surface area contributed by atoms with Gasteiger partial charge in [0.05, 0.1) is 0 Å². The third-order valence-corrected chi connectivity index (χ3v) is 0.241. The van der Waals surface area contributed by atoms with Gasteiger partial charge in [-0.3, -0.25) is 10.5 Å². The summed E-state index contributed by atoms with van der Waals surface area (Å²) in [6.45, 7) is 4.67. The Morgan fingerprint density at radius 2 is 1.57 bits per heavy atom. The minimum absolute atomic E-state index is 0. The number of rotatable bonds is 0. The first-order chi connectivity index (χ1) is 2.81. The first kappa shape index (κ1) is 9.87. The van der Waals surface area contributed by atoms with Crippen LogP contribution in [0, 0.1) is 29.2 Å². The first-order valence-corrected chi connectivity index (χ1v) is 1.24. The van der Waals surface area contributed by atoms with Gasteiger partial charge in [0, 0.05) is 0 Å². The molecule has 0 heterocycles. The van der Waals surface area contributed by atoms with Gasteiger partial charge < -0.3 is 0 Å². The fraction of sp³-hybridized carbons (Fsp3) is 0. The predicted molar refractivity (Wildman–Crippen MR) is 19.0 cm³/mol. The largest absolute Gasteiger partial charge is 1.00 e. The van der Waals surface area contributed by atoms with Gasteiger partial charge in [-0.05, 0) is 0 Å². The number of hydrogen-bond acceptors (Lipinski definition) is 2. The molecule has 0 rings (SSSR count). The van der Waals surface area contributed by atoms with Crippen LogP contribution in [-0.2, 0) is 0 Å². The molecule has 0 amide bonds. The molecule has 3 heteroatoms. The van der Waals surface area contributed by atoms with Crippen molar-refractivity contribution in [1.82, 2.24) is 0 Å². The monoisotopic (exact) mass is 100 g/mol. The van der Waals surface area contributed by atoms with Crippen molar-refractivity contribution in [2.45, 2.75) is 0 Å². The fourth-order valence-corrected chi connectivity index (χ4v) is 0.0250. The standard InChI is InChI=1S/C4HN2.Na/c1-4(2-5)3-6;/h1H;/q-1;+1. The molecular weight excluding hydrogens is 99.0 g/mol. The fourth-order valence-electron chi connectivity index (χ4n) is 0.0250. The smallest absolute Gasteiger partial charge is 0.284 e. The van der Waals surface area contributed by atoms with Crippen LogP contribution in [0.15, 0.2) is 5.57 Å². The number of hydrogen-bond donors (Lipinski definition) is 0. The van der Waals surface area contributed by atoms with Crippen LogP contribution in [0.5, 0.6) is 0 Å². The molecule has 0 N–H and O–H groups in total. The van der Waals surface area contributed by atoms with Crippen molar-refractivity contribution in [1.29, 1.82) is 10.5 Å². The Balaban J connectivity index is 0. The zero-order chi connectivity index (χ0) is 4.99. The Bertz CT molecular complexity index is 121. The molecule has 0 aromatic heterocycles. The van der Waals surface area contributed by atoms with E-state index in [1.165, 1.54) is 12.1 Å². The third kappa shape index (κ3) is 5.72. The maximum Gasteiger partial charge on any atom is 1.00 e. The molecule has 0 atom stereocenters. The van der Waals surface area contributed by atoms with E-state index in [9.17, 15) is 0 Å². The Labute approximate surface area is 64.3 Å². The average Bonchev–Trinajstić information content (AvgIpc) is 1.65. The summed E-state index contributed by atoms with van der Waals surface area (Å²) in [5.74, 6) is 0. The molecule has 0 spiro atoms. The van der Waals surface area contributed by atoms with E-state index in [2.05, 4.69) is 6.58 Å². The third-order valence-electron chi connectivity index (χ3n) is 0.241. The van der Waals surface area contributed by atoms with E-state index in [0.29, 0.717) is 0 Å². The Hall–Kier alpha value is -0.280. The molecule has 0 aliphatic heterocycles. The van der Waals surface area contributed by atoms with E-state index in [1.807, 2.05) is 0 Å². The molecule has 0 aromatic rings. The molecule has 0 unspecified atom stereocenters. The van der Waals surface area contributed by atoms with Crippen LogP contribution in [0.2, 0.25) is 0 Å². The first-order valence-electron chi connectivity index (χ1n) is 1.24. The van der Waals surface area contributed by atoms with Crippen LogP contribution in [0.4, 0.5) is 0 Å². The predicted octanol–water partition coefficient (Wildman–Crippen LogP) is -2.60. The van der Waals surface area contributed by atoms with Crippen molar-refractivity contribution >= 4 is 0 Å². The van der Waals surface area contributed by atoms with E-state index in [4.69, 9.17) is 10.5 Å². The van der Waals surface area contributed by atoms with Gasteiger partial charge in [-0.15, -0.1) is 0 Å². The van der Waals surface area contributed by atoms with Crippen LogP contribution in [0.25, 0.3) is 0 Å². The Kier molecular flexibility index (Phi) is 8.06. The van der Waals surface area contributed by atoms with Gasteiger partial charge in [0.15, 0.2) is 0 Å². The summed E-state index contributed by atoms with van der Waals surface area (Å²) in [4.78, 5) is 0. The van der Waals surface area contributed by atoms with Gasteiger partial charge in [0.2, 0.25) is 0 Å². The maximum absolute atomic E-state index is 7.70. The summed E-state index contributed by atoms with van der Waals surface area (Å²) in [5, 5.41) is 15.4. The van der Waals surface area contributed by atoms with Crippen molar-refractivity contribution in [2.75, 3.05) is 0 Å². The van der Waals surface area contributed by atoms with E-state index >= 15 is 0 Å². The summed E-state index contributed by atoms with van der Waals surface area (Å²) >= 11 is 0. The molecule has 0 radical (unpaired) electrons. The van der Waals surface area contributed by atoms with Crippen molar-refractivity contribution < 1.29 is 29.6 Å². The molecule has 0 fully saturated rings. The number of nitrogens with zero attached hydrogens (tertiary/aromatic N) is 2. The SMILES string of the molecule is [CH-]=C(C#N)C#N.[Na+]. The minimum Gasteiger partial charge on any atom is -0.284 e. The quantitative estimate of drug-likeness (QED) is 0.190. The number of nitriles is 2. The molecule has 0 aliphatic carbocycles. The molecule has 2 nitrogen and oxygen atoms in total. The Morgan fingerprint density at radius 1 is 1.29 bits per heavy atom. The molecule has 0 saturated heterocycles. The summed E-state index contributed by atoms with van der Waals surface area (Å²) in [6, 6.07) is 2.90.